The van der Waals surface area contributed by atoms with E-state index in [9.17, 15) is 9.18 Å². The maximum atomic E-state index is 14.0. The van der Waals surface area contributed by atoms with Gasteiger partial charge in [-0.25, -0.2) is 9.37 Å². The summed E-state index contributed by atoms with van der Waals surface area (Å²) < 4.78 is 22.4. The maximum absolute atomic E-state index is 14.0. The minimum Gasteiger partial charge on any atom is -0.363 e. The summed E-state index contributed by atoms with van der Waals surface area (Å²) in [5.74, 6) is 0.147. The van der Waals surface area contributed by atoms with Crippen molar-refractivity contribution < 1.29 is 13.9 Å². The minimum atomic E-state index is -0.482. The molecule has 2 aromatic heterocycles. The van der Waals surface area contributed by atoms with E-state index in [1.807, 2.05) is 6.20 Å². The van der Waals surface area contributed by atoms with E-state index >= 15 is 0 Å². The van der Waals surface area contributed by atoms with Gasteiger partial charge in [0.1, 0.15) is 23.8 Å². The van der Waals surface area contributed by atoms with Crippen LogP contribution in [0, 0.1) is 5.82 Å². The first kappa shape index (κ1) is 16.6. The van der Waals surface area contributed by atoms with Gasteiger partial charge in [0, 0.05) is 17.5 Å². The predicted molar refractivity (Wildman–Crippen MR) is 100.0 cm³/mol. The number of fused-ring (bicyclic) bond motifs is 1. The zero-order valence-corrected chi connectivity index (χ0v) is 15.4. The third-order valence-electron chi connectivity index (χ3n) is 5.42. The number of aromatic nitrogens is 2. The minimum absolute atomic E-state index is 0.118. The number of ether oxygens (including phenoxy) is 1. The number of imidazole rings is 1. The number of carbonyl (C=O) groups is 1. The molecule has 1 spiro atoms. The lowest BCUT2D eigenvalue weighted by Gasteiger charge is -2.35. The Hall–Kier alpha value is -2.51. The molecule has 0 N–H and O–H groups in total. The Morgan fingerprint density at radius 2 is 2.15 bits per heavy atom. The number of hydrogen-bond donors (Lipinski definition) is 0. The molecule has 1 amide bonds. The SMILES string of the molecule is O=C(c1ccccc1F)N1CCC2(C1)Cn1c(-c3ccsc3)cnc1CO2. The normalized spacial score (nSPS) is 21.6. The van der Waals surface area contributed by atoms with Crippen molar-refractivity contribution in [3.05, 3.63) is 64.5 Å². The number of halogens is 1. The van der Waals surface area contributed by atoms with Gasteiger partial charge in [-0.3, -0.25) is 4.79 Å². The average Bonchev–Trinajstić information content (AvgIpc) is 3.41. The molecule has 0 aliphatic carbocycles. The Balaban J connectivity index is 1.40. The van der Waals surface area contributed by atoms with E-state index in [4.69, 9.17) is 4.74 Å². The van der Waals surface area contributed by atoms with E-state index in [0.717, 1.165) is 23.5 Å². The van der Waals surface area contributed by atoms with Crippen molar-refractivity contribution in [2.45, 2.75) is 25.2 Å². The number of thiophene rings is 1. The van der Waals surface area contributed by atoms with Gasteiger partial charge in [0.2, 0.25) is 0 Å². The average molecular weight is 383 g/mol. The van der Waals surface area contributed by atoms with Crippen LogP contribution in [0.2, 0.25) is 0 Å². The summed E-state index contributed by atoms with van der Waals surface area (Å²) >= 11 is 1.65. The molecule has 5 nitrogen and oxygen atoms in total. The molecule has 138 valence electrons. The third-order valence-corrected chi connectivity index (χ3v) is 6.10. The Morgan fingerprint density at radius 3 is 2.96 bits per heavy atom. The number of likely N-dealkylation sites (tertiary alicyclic amines) is 1. The molecule has 2 aliphatic rings. The molecule has 1 atom stereocenters. The van der Waals surface area contributed by atoms with Crippen LogP contribution < -0.4 is 0 Å². The lowest BCUT2D eigenvalue weighted by Crippen LogP contribution is -2.45. The van der Waals surface area contributed by atoms with Gasteiger partial charge in [0.25, 0.3) is 5.91 Å². The molecular formula is C20H18FN3O2S. The number of hydrogen-bond acceptors (Lipinski definition) is 4. The second-order valence-electron chi connectivity index (χ2n) is 7.09. The van der Waals surface area contributed by atoms with Crippen molar-refractivity contribution in [3.63, 3.8) is 0 Å². The van der Waals surface area contributed by atoms with Crippen LogP contribution >= 0.6 is 11.3 Å². The van der Waals surface area contributed by atoms with E-state index in [0.29, 0.717) is 26.2 Å². The van der Waals surface area contributed by atoms with Crippen molar-refractivity contribution >= 4 is 17.2 Å². The molecule has 27 heavy (non-hydrogen) atoms. The molecule has 3 aromatic rings. The van der Waals surface area contributed by atoms with Gasteiger partial charge in [-0.1, -0.05) is 12.1 Å². The van der Waals surface area contributed by atoms with Crippen LogP contribution in [-0.4, -0.2) is 39.0 Å². The van der Waals surface area contributed by atoms with Gasteiger partial charge in [-0.2, -0.15) is 11.3 Å². The molecule has 1 saturated heterocycles. The maximum Gasteiger partial charge on any atom is 0.256 e. The number of nitrogens with zero attached hydrogens (tertiary/aromatic N) is 3. The second kappa shape index (κ2) is 6.28. The molecule has 1 aromatic carbocycles. The quantitative estimate of drug-likeness (QED) is 0.680. The highest BCUT2D eigenvalue weighted by atomic mass is 32.1. The monoisotopic (exact) mass is 383 g/mol. The Kier molecular flexibility index (Phi) is 3.87. The van der Waals surface area contributed by atoms with E-state index in [2.05, 4.69) is 26.4 Å². The summed E-state index contributed by atoms with van der Waals surface area (Å²) in [6, 6.07) is 8.21. The molecular weight excluding hydrogens is 365 g/mol. The largest absolute Gasteiger partial charge is 0.363 e. The standard InChI is InChI=1S/C20H18FN3O2S/c21-16-4-2-1-3-15(16)19(25)23-7-6-20(12-23)13-24-17(14-5-8-27-11-14)9-22-18(24)10-26-20/h1-5,8-9,11H,6-7,10,12-13H2. The fraction of sp³-hybridized carbons (Fsp3) is 0.300. The Morgan fingerprint density at radius 1 is 1.26 bits per heavy atom. The number of amides is 1. The Labute approximate surface area is 160 Å². The second-order valence-corrected chi connectivity index (χ2v) is 7.87. The van der Waals surface area contributed by atoms with Gasteiger partial charge in [0.05, 0.1) is 30.5 Å². The molecule has 5 rings (SSSR count). The summed E-state index contributed by atoms with van der Waals surface area (Å²) in [6.07, 6.45) is 2.62. The van der Waals surface area contributed by atoms with Crippen LogP contribution in [-0.2, 0) is 17.9 Å². The lowest BCUT2D eigenvalue weighted by molar-refractivity contribution is -0.0804. The number of carbonyl (C=O) groups excluding carboxylic acids is 1. The van der Waals surface area contributed by atoms with Crippen LogP contribution in [0.4, 0.5) is 4.39 Å². The molecule has 0 saturated carbocycles. The van der Waals surface area contributed by atoms with Crippen LogP contribution in [0.25, 0.3) is 11.3 Å². The van der Waals surface area contributed by atoms with Crippen LogP contribution in [0.3, 0.4) is 0 Å². The van der Waals surface area contributed by atoms with Gasteiger partial charge in [-0.15, -0.1) is 0 Å². The highest BCUT2D eigenvalue weighted by Gasteiger charge is 2.44. The first-order chi connectivity index (χ1) is 13.2. The zero-order valence-electron chi connectivity index (χ0n) is 14.6. The molecule has 0 radical (unpaired) electrons. The highest BCUT2D eigenvalue weighted by molar-refractivity contribution is 7.08. The Bertz CT molecular complexity index is 1000. The van der Waals surface area contributed by atoms with Crippen molar-refractivity contribution in [3.8, 4) is 11.3 Å². The smallest absolute Gasteiger partial charge is 0.256 e. The van der Waals surface area contributed by atoms with Crippen LogP contribution in [0.5, 0.6) is 0 Å². The van der Waals surface area contributed by atoms with E-state index in [1.54, 1.807) is 28.4 Å². The summed E-state index contributed by atoms with van der Waals surface area (Å²) in [6.45, 7) is 2.09. The van der Waals surface area contributed by atoms with Crippen molar-refractivity contribution in [2.75, 3.05) is 13.1 Å². The first-order valence-electron chi connectivity index (χ1n) is 8.90. The summed E-state index contributed by atoms with van der Waals surface area (Å²) in [4.78, 5) is 18.9. The molecule has 2 aliphatic heterocycles. The van der Waals surface area contributed by atoms with Crippen molar-refractivity contribution in [2.24, 2.45) is 0 Å². The summed E-state index contributed by atoms with van der Waals surface area (Å²) in [5.41, 5.74) is 1.90. The van der Waals surface area contributed by atoms with E-state index in [1.165, 1.54) is 12.1 Å². The van der Waals surface area contributed by atoms with E-state index < -0.39 is 11.4 Å². The molecule has 7 heteroatoms. The summed E-state index contributed by atoms with van der Waals surface area (Å²) in [5, 5.41) is 4.16. The number of benzene rings is 1. The fourth-order valence-electron chi connectivity index (χ4n) is 3.97. The van der Waals surface area contributed by atoms with Crippen molar-refractivity contribution in [1.29, 1.82) is 0 Å². The molecule has 1 fully saturated rings. The first-order valence-corrected chi connectivity index (χ1v) is 9.84. The number of rotatable bonds is 2. The third kappa shape index (κ3) is 2.78. The predicted octanol–water partition coefficient (Wildman–Crippen LogP) is 3.57. The lowest BCUT2D eigenvalue weighted by atomic mass is 10.0. The fourth-order valence-corrected chi connectivity index (χ4v) is 4.62. The zero-order chi connectivity index (χ0) is 18.4. The van der Waals surface area contributed by atoms with Gasteiger partial charge >= 0.3 is 0 Å². The molecule has 4 heterocycles. The van der Waals surface area contributed by atoms with E-state index in [-0.39, 0.29) is 11.5 Å². The van der Waals surface area contributed by atoms with Crippen LogP contribution in [0.15, 0.2) is 47.3 Å². The van der Waals surface area contributed by atoms with Crippen molar-refractivity contribution in [1.82, 2.24) is 14.5 Å². The topological polar surface area (TPSA) is 47.4 Å². The van der Waals surface area contributed by atoms with Crippen LogP contribution in [0.1, 0.15) is 22.6 Å². The van der Waals surface area contributed by atoms with Gasteiger partial charge in [-0.05, 0) is 30.0 Å². The van der Waals surface area contributed by atoms with Gasteiger partial charge < -0.3 is 14.2 Å². The molecule has 1 unspecified atom stereocenters. The summed E-state index contributed by atoms with van der Waals surface area (Å²) in [7, 11) is 0. The molecule has 0 bridgehead atoms. The van der Waals surface area contributed by atoms with Gasteiger partial charge in [0.15, 0.2) is 0 Å². The highest BCUT2D eigenvalue weighted by Crippen LogP contribution is 2.36.